The zero-order valence-corrected chi connectivity index (χ0v) is 15.7. The third-order valence-corrected chi connectivity index (χ3v) is 4.07. The fourth-order valence-electron chi connectivity index (χ4n) is 2.48. The number of anilines is 2. The molecule has 0 radical (unpaired) electrons. The zero-order valence-electron chi connectivity index (χ0n) is 14.9. The van der Waals surface area contributed by atoms with Crippen LogP contribution in [-0.4, -0.2) is 14.9 Å². The highest BCUT2D eigenvalue weighted by Gasteiger charge is 2.03. The predicted octanol–water partition coefficient (Wildman–Crippen LogP) is 4.60. The van der Waals surface area contributed by atoms with E-state index in [9.17, 15) is 0 Å². The normalized spacial score (nSPS) is 10.4. The topological polar surface area (TPSA) is 51.1 Å². The van der Waals surface area contributed by atoms with Gasteiger partial charge in [-0.1, -0.05) is 31.2 Å². The zero-order chi connectivity index (χ0) is 18.4. The lowest BCUT2D eigenvalue weighted by molar-refractivity contribution is 0.221. The molecule has 1 heterocycles. The molecule has 0 saturated heterocycles. The van der Waals surface area contributed by atoms with Crippen LogP contribution in [0.1, 0.15) is 18.1 Å². The standard InChI is InChI=1S/C20H22N4OS/c1-3-16-7-9-19(10-8-16)25-14-24-13-18(12-21-24)23-20(26)22-17-6-4-5-15(2)11-17/h4-13H,3,14H2,1-2H3,(H2,22,23,26). The van der Waals surface area contributed by atoms with Gasteiger partial charge in [0, 0.05) is 5.69 Å². The maximum absolute atomic E-state index is 5.74. The summed E-state index contributed by atoms with van der Waals surface area (Å²) in [6.45, 7) is 4.51. The van der Waals surface area contributed by atoms with Crippen molar-refractivity contribution < 1.29 is 4.74 Å². The lowest BCUT2D eigenvalue weighted by atomic mass is 10.2. The Bertz CT molecular complexity index is 874. The average Bonchev–Trinajstić information content (AvgIpc) is 3.07. The molecule has 134 valence electrons. The molecule has 3 aromatic rings. The lowest BCUT2D eigenvalue weighted by Gasteiger charge is -2.09. The highest BCUT2D eigenvalue weighted by Crippen LogP contribution is 2.14. The van der Waals surface area contributed by atoms with Crippen LogP contribution in [0, 0.1) is 6.92 Å². The van der Waals surface area contributed by atoms with E-state index in [2.05, 4.69) is 34.8 Å². The number of thiocarbonyl (C=S) groups is 1. The summed E-state index contributed by atoms with van der Waals surface area (Å²) in [4.78, 5) is 0. The van der Waals surface area contributed by atoms with Gasteiger partial charge in [0.25, 0.3) is 0 Å². The second kappa shape index (κ2) is 8.49. The van der Waals surface area contributed by atoms with E-state index in [1.807, 2.05) is 49.5 Å². The highest BCUT2D eigenvalue weighted by atomic mass is 32.1. The van der Waals surface area contributed by atoms with E-state index in [1.54, 1.807) is 10.9 Å². The molecule has 2 aromatic carbocycles. The Morgan fingerprint density at radius 2 is 1.88 bits per heavy atom. The minimum Gasteiger partial charge on any atom is -0.471 e. The number of hydrogen-bond donors (Lipinski definition) is 2. The van der Waals surface area contributed by atoms with Crippen molar-refractivity contribution in [3.8, 4) is 5.75 Å². The summed E-state index contributed by atoms with van der Waals surface area (Å²) < 4.78 is 7.46. The second-order valence-corrected chi connectivity index (χ2v) is 6.40. The molecule has 0 spiro atoms. The monoisotopic (exact) mass is 366 g/mol. The van der Waals surface area contributed by atoms with Crippen LogP contribution in [0.15, 0.2) is 60.9 Å². The van der Waals surface area contributed by atoms with Gasteiger partial charge in [0.15, 0.2) is 11.8 Å². The molecule has 0 aliphatic carbocycles. The number of aromatic nitrogens is 2. The highest BCUT2D eigenvalue weighted by molar-refractivity contribution is 7.80. The van der Waals surface area contributed by atoms with Gasteiger partial charge in [0.2, 0.25) is 0 Å². The van der Waals surface area contributed by atoms with E-state index in [0.29, 0.717) is 11.8 Å². The summed E-state index contributed by atoms with van der Waals surface area (Å²) in [7, 11) is 0. The average molecular weight is 366 g/mol. The first-order chi connectivity index (χ1) is 12.6. The molecule has 0 unspecified atom stereocenters. The maximum atomic E-state index is 5.74. The van der Waals surface area contributed by atoms with Crippen molar-refractivity contribution in [1.29, 1.82) is 0 Å². The van der Waals surface area contributed by atoms with Crippen LogP contribution in [0.25, 0.3) is 0 Å². The predicted molar refractivity (Wildman–Crippen MR) is 110 cm³/mol. The van der Waals surface area contributed by atoms with E-state index < -0.39 is 0 Å². The summed E-state index contributed by atoms with van der Waals surface area (Å²) in [6, 6.07) is 16.1. The molecule has 3 rings (SSSR count). The van der Waals surface area contributed by atoms with Crippen molar-refractivity contribution in [3.05, 3.63) is 72.1 Å². The lowest BCUT2D eigenvalue weighted by Crippen LogP contribution is -2.18. The van der Waals surface area contributed by atoms with Crippen LogP contribution in [0.3, 0.4) is 0 Å². The molecule has 0 saturated carbocycles. The largest absolute Gasteiger partial charge is 0.471 e. The van der Waals surface area contributed by atoms with Crippen molar-refractivity contribution in [2.45, 2.75) is 27.0 Å². The smallest absolute Gasteiger partial charge is 0.180 e. The van der Waals surface area contributed by atoms with E-state index in [4.69, 9.17) is 17.0 Å². The van der Waals surface area contributed by atoms with E-state index >= 15 is 0 Å². The van der Waals surface area contributed by atoms with Gasteiger partial charge in [-0.05, 0) is 61.0 Å². The molecule has 6 heteroatoms. The number of nitrogens with one attached hydrogen (secondary N) is 2. The van der Waals surface area contributed by atoms with Crippen LogP contribution >= 0.6 is 12.2 Å². The van der Waals surface area contributed by atoms with Crippen molar-refractivity contribution in [2.75, 3.05) is 10.6 Å². The van der Waals surface area contributed by atoms with Crippen molar-refractivity contribution in [1.82, 2.24) is 9.78 Å². The number of hydrogen-bond acceptors (Lipinski definition) is 3. The van der Waals surface area contributed by atoms with E-state index in [-0.39, 0.29) is 0 Å². The Hall–Kier alpha value is -2.86. The summed E-state index contributed by atoms with van der Waals surface area (Å²) in [6.07, 6.45) is 4.59. The molecule has 0 aliphatic heterocycles. The van der Waals surface area contributed by atoms with Gasteiger partial charge in [-0.25, -0.2) is 4.68 Å². The van der Waals surface area contributed by atoms with E-state index in [0.717, 1.165) is 23.5 Å². The molecule has 1 aromatic heterocycles. The fraction of sp³-hybridized carbons (Fsp3) is 0.200. The molecule has 0 amide bonds. The molecule has 2 N–H and O–H groups in total. The summed E-state index contributed by atoms with van der Waals surface area (Å²) in [5.41, 5.74) is 4.22. The Balaban J connectivity index is 1.51. The summed E-state index contributed by atoms with van der Waals surface area (Å²) >= 11 is 5.34. The summed E-state index contributed by atoms with van der Waals surface area (Å²) in [5, 5.41) is 11.1. The van der Waals surface area contributed by atoms with Crippen molar-refractivity contribution in [3.63, 3.8) is 0 Å². The van der Waals surface area contributed by atoms with Gasteiger partial charge in [-0.15, -0.1) is 0 Å². The summed E-state index contributed by atoms with van der Waals surface area (Å²) in [5.74, 6) is 0.823. The van der Waals surface area contributed by atoms with Crippen LogP contribution in [0.5, 0.6) is 5.75 Å². The molecule has 0 bridgehead atoms. The Labute approximate surface area is 159 Å². The van der Waals surface area contributed by atoms with Gasteiger partial charge >= 0.3 is 0 Å². The van der Waals surface area contributed by atoms with Gasteiger partial charge in [-0.3, -0.25) is 0 Å². The molecule has 0 fully saturated rings. The van der Waals surface area contributed by atoms with E-state index in [1.165, 1.54) is 11.1 Å². The number of aryl methyl sites for hydroxylation is 2. The number of benzene rings is 2. The minimum atomic E-state index is 0.339. The second-order valence-electron chi connectivity index (χ2n) is 5.99. The third-order valence-electron chi connectivity index (χ3n) is 3.86. The van der Waals surface area contributed by atoms with Gasteiger partial charge < -0.3 is 15.4 Å². The van der Waals surface area contributed by atoms with Crippen molar-refractivity contribution >= 4 is 28.7 Å². The van der Waals surface area contributed by atoms with Gasteiger partial charge in [0.05, 0.1) is 18.1 Å². The number of nitrogens with zero attached hydrogens (tertiary/aromatic N) is 2. The first kappa shape index (κ1) is 17.9. The molecule has 0 aliphatic rings. The van der Waals surface area contributed by atoms with Crippen molar-refractivity contribution in [2.24, 2.45) is 0 Å². The van der Waals surface area contributed by atoms with Crippen LogP contribution in [0.2, 0.25) is 0 Å². The van der Waals surface area contributed by atoms with Crippen LogP contribution < -0.4 is 15.4 Å². The molecule has 26 heavy (non-hydrogen) atoms. The Morgan fingerprint density at radius 3 is 2.62 bits per heavy atom. The van der Waals surface area contributed by atoms with Crippen LogP contribution in [0.4, 0.5) is 11.4 Å². The third kappa shape index (κ3) is 5.07. The first-order valence-electron chi connectivity index (χ1n) is 8.51. The maximum Gasteiger partial charge on any atom is 0.180 e. The molecular weight excluding hydrogens is 344 g/mol. The first-order valence-corrected chi connectivity index (χ1v) is 8.92. The minimum absolute atomic E-state index is 0.339. The number of ether oxygens (including phenoxy) is 1. The Kier molecular flexibility index (Phi) is 5.86. The fourth-order valence-corrected chi connectivity index (χ4v) is 2.71. The molecule has 5 nitrogen and oxygen atoms in total. The molecular formula is C20H22N4OS. The van der Waals surface area contributed by atoms with Crippen LogP contribution in [-0.2, 0) is 13.2 Å². The quantitative estimate of drug-likeness (QED) is 0.625. The number of rotatable bonds is 6. The SMILES string of the molecule is CCc1ccc(OCn2cc(NC(=S)Nc3cccc(C)c3)cn2)cc1. The van der Waals surface area contributed by atoms with Gasteiger partial charge in [0.1, 0.15) is 5.75 Å². The molecule has 0 atom stereocenters. The van der Waals surface area contributed by atoms with Gasteiger partial charge in [-0.2, -0.15) is 5.10 Å². The Morgan fingerprint density at radius 1 is 1.12 bits per heavy atom.